The molecule has 192 valence electrons. The second kappa shape index (κ2) is 10.1. The van der Waals surface area contributed by atoms with Gasteiger partial charge in [-0.25, -0.2) is 14.3 Å². The topological polar surface area (TPSA) is 37.5 Å². The van der Waals surface area contributed by atoms with E-state index in [1.165, 1.54) is 18.4 Å². The van der Waals surface area contributed by atoms with Crippen LogP contribution in [-0.2, 0) is 11.8 Å². The van der Waals surface area contributed by atoms with Gasteiger partial charge in [0.25, 0.3) is 0 Å². The van der Waals surface area contributed by atoms with Crippen LogP contribution in [0.3, 0.4) is 0 Å². The molecule has 2 unspecified atom stereocenters. The second-order valence-electron chi connectivity index (χ2n) is 12.1. The summed E-state index contributed by atoms with van der Waals surface area (Å²) in [6, 6.07) is 19.0. The van der Waals surface area contributed by atoms with Crippen LogP contribution in [0.5, 0.6) is 0 Å². The smallest absolute Gasteiger partial charge is 0.225 e. The number of aromatic amines is 1. The van der Waals surface area contributed by atoms with Gasteiger partial charge in [0.15, 0.2) is 5.82 Å². The van der Waals surface area contributed by atoms with Crippen molar-refractivity contribution in [2.45, 2.75) is 76.1 Å². The molecule has 5 rings (SSSR count). The third kappa shape index (κ3) is 5.09. The molecule has 0 bridgehead atoms. The van der Waals surface area contributed by atoms with Crippen molar-refractivity contribution in [3.8, 4) is 11.4 Å². The number of H-pyrrole nitrogens is 1. The summed E-state index contributed by atoms with van der Waals surface area (Å²) in [5.74, 6) is 3.46. The first-order chi connectivity index (χ1) is 17.7. The summed E-state index contributed by atoms with van der Waals surface area (Å²) >= 11 is 1.65. The minimum atomic E-state index is 0.108. The molecule has 2 aromatic heterocycles. The third-order valence-electron chi connectivity index (χ3n) is 8.15. The molecule has 0 radical (unpaired) electrons. The van der Waals surface area contributed by atoms with Crippen molar-refractivity contribution in [1.29, 1.82) is 0 Å². The fraction of sp³-hybridized carbons (Fsp3) is 0.438. The number of rotatable bonds is 5. The van der Waals surface area contributed by atoms with E-state index in [1.807, 2.05) is 18.2 Å². The zero-order valence-electron chi connectivity index (χ0n) is 22.9. The molecule has 1 aliphatic rings. The molecule has 2 atom stereocenters. The first-order valence-electron chi connectivity index (χ1n) is 13.5. The van der Waals surface area contributed by atoms with E-state index in [9.17, 15) is 0 Å². The van der Waals surface area contributed by atoms with Crippen LogP contribution >= 0.6 is 11.8 Å². The van der Waals surface area contributed by atoms with Crippen molar-refractivity contribution in [2.24, 2.45) is 23.7 Å². The van der Waals surface area contributed by atoms with Crippen molar-refractivity contribution in [1.82, 2.24) is 14.6 Å². The summed E-state index contributed by atoms with van der Waals surface area (Å²) in [6.07, 6.45) is 3.42. The number of fused-ring (bicyclic) bond motifs is 1. The van der Waals surface area contributed by atoms with Gasteiger partial charge >= 0.3 is 0 Å². The van der Waals surface area contributed by atoms with Crippen LogP contribution in [0.4, 0.5) is 5.69 Å². The molecule has 1 fully saturated rings. The molecule has 1 saturated carbocycles. The molecule has 1 N–H and O–H groups in total. The summed E-state index contributed by atoms with van der Waals surface area (Å²) in [7, 11) is 0. The maximum absolute atomic E-state index is 8.17. The van der Waals surface area contributed by atoms with Gasteiger partial charge in [-0.15, -0.1) is 0 Å². The molecular weight excluding hydrogens is 472 g/mol. The van der Waals surface area contributed by atoms with E-state index in [4.69, 9.17) is 11.6 Å². The van der Waals surface area contributed by atoms with Crippen LogP contribution in [0.25, 0.3) is 21.9 Å². The maximum Gasteiger partial charge on any atom is 0.225 e. The van der Waals surface area contributed by atoms with Crippen molar-refractivity contribution in [2.75, 3.05) is 0 Å². The Hall–Kier alpha value is -2.97. The summed E-state index contributed by atoms with van der Waals surface area (Å²) < 4.78 is 2.06. The van der Waals surface area contributed by atoms with Crippen LogP contribution in [0.2, 0.25) is 0 Å². The first-order valence-corrected chi connectivity index (χ1v) is 14.3. The van der Waals surface area contributed by atoms with Gasteiger partial charge in [0.2, 0.25) is 5.69 Å². The van der Waals surface area contributed by atoms with E-state index in [0.29, 0.717) is 17.8 Å². The molecule has 0 saturated heterocycles. The van der Waals surface area contributed by atoms with E-state index in [2.05, 4.69) is 92.4 Å². The lowest BCUT2D eigenvalue weighted by atomic mass is 9.67. The summed E-state index contributed by atoms with van der Waals surface area (Å²) in [5.41, 5.74) is 5.23. The first kappa shape index (κ1) is 25.7. The Morgan fingerprint density at radius 2 is 1.65 bits per heavy atom. The van der Waals surface area contributed by atoms with Gasteiger partial charge in [-0.3, -0.25) is 5.10 Å². The Morgan fingerprint density at radius 1 is 1.00 bits per heavy atom. The highest BCUT2D eigenvalue weighted by Gasteiger charge is 2.34. The normalized spacial score (nSPS) is 22.3. The highest BCUT2D eigenvalue weighted by molar-refractivity contribution is 7.99. The Bertz CT molecular complexity index is 1400. The molecule has 2 heterocycles. The highest BCUT2D eigenvalue weighted by Crippen LogP contribution is 2.46. The molecule has 0 aliphatic heterocycles. The quantitative estimate of drug-likeness (QED) is 0.272. The van der Waals surface area contributed by atoms with Crippen LogP contribution in [0, 0.1) is 30.2 Å². The number of aromatic nitrogens is 3. The van der Waals surface area contributed by atoms with E-state index < -0.39 is 0 Å². The van der Waals surface area contributed by atoms with Crippen LogP contribution in [-0.4, -0.2) is 14.6 Å². The molecule has 2 aromatic carbocycles. The van der Waals surface area contributed by atoms with Crippen molar-refractivity contribution in [3.05, 3.63) is 77.1 Å². The Kier molecular flexibility index (Phi) is 6.98. The maximum atomic E-state index is 8.17. The monoisotopic (exact) mass is 510 g/mol. The average molecular weight is 511 g/mol. The van der Waals surface area contributed by atoms with Crippen molar-refractivity contribution in [3.63, 3.8) is 0 Å². The SMILES string of the molecule is [C-]#[N+]c1c(CC2C(C)CC(C)CC2C)c2nc(-c3ccc(C(C)(C)C)cc3)[nH]n2c1Sc1ccccc1. The molecule has 0 amide bonds. The van der Waals surface area contributed by atoms with Gasteiger partial charge in [0.1, 0.15) is 10.7 Å². The predicted molar refractivity (Wildman–Crippen MR) is 154 cm³/mol. The fourth-order valence-electron chi connectivity index (χ4n) is 6.20. The van der Waals surface area contributed by atoms with Crippen LogP contribution in [0.15, 0.2) is 64.5 Å². The van der Waals surface area contributed by atoms with Gasteiger partial charge < -0.3 is 0 Å². The lowest BCUT2D eigenvalue weighted by Crippen LogP contribution is -2.30. The van der Waals surface area contributed by atoms with Crippen molar-refractivity contribution >= 4 is 23.1 Å². The van der Waals surface area contributed by atoms with Crippen LogP contribution < -0.4 is 0 Å². The van der Waals surface area contributed by atoms with Gasteiger partial charge in [-0.2, -0.15) is 0 Å². The highest BCUT2D eigenvalue weighted by atomic mass is 32.2. The summed E-state index contributed by atoms with van der Waals surface area (Å²) in [6.45, 7) is 22.0. The minimum absolute atomic E-state index is 0.108. The number of nitrogens with zero attached hydrogens (tertiary/aromatic N) is 3. The number of benzene rings is 2. The molecule has 5 heteroatoms. The molecule has 4 nitrogen and oxygen atoms in total. The second-order valence-corrected chi connectivity index (χ2v) is 13.2. The zero-order chi connectivity index (χ0) is 26.3. The van der Waals surface area contributed by atoms with Gasteiger partial charge in [-0.05, 0) is 66.0 Å². The molecular formula is C32H38N4S. The molecule has 4 aromatic rings. The van der Waals surface area contributed by atoms with E-state index in [-0.39, 0.29) is 5.41 Å². The lowest BCUT2D eigenvalue weighted by molar-refractivity contribution is 0.136. The van der Waals surface area contributed by atoms with Gasteiger partial charge in [0.05, 0.1) is 6.57 Å². The Labute approximate surface area is 225 Å². The largest absolute Gasteiger partial charge is 0.276 e. The minimum Gasteiger partial charge on any atom is -0.276 e. The number of hydrogen-bond donors (Lipinski definition) is 1. The standard InChI is InChI=1S/C32H38N4S/c1-20-17-21(2)26(22(3)18-20)19-27-28(33-7)31(37-25-11-9-8-10-12-25)36-30(27)34-29(35-36)23-13-15-24(16-14-23)32(4,5)6/h8-16,20-22,26H,17-19H2,1-6H3,(H,34,35). The molecule has 37 heavy (non-hydrogen) atoms. The van der Waals surface area contributed by atoms with E-state index >= 15 is 0 Å². The summed E-state index contributed by atoms with van der Waals surface area (Å²) in [5, 5.41) is 4.49. The Balaban J connectivity index is 1.61. The van der Waals surface area contributed by atoms with Gasteiger partial charge in [-0.1, -0.05) is 95.8 Å². The molecule has 1 aliphatic carbocycles. The van der Waals surface area contributed by atoms with Gasteiger partial charge in [0, 0.05) is 16.0 Å². The van der Waals surface area contributed by atoms with Crippen LogP contribution in [0.1, 0.15) is 65.5 Å². The average Bonchev–Trinajstić information content (AvgIpc) is 3.40. The Morgan fingerprint density at radius 3 is 2.24 bits per heavy atom. The van der Waals surface area contributed by atoms with E-state index in [0.717, 1.165) is 50.5 Å². The third-order valence-corrected chi connectivity index (χ3v) is 9.23. The van der Waals surface area contributed by atoms with E-state index in [1.54, 1.807) is 11.8 Å². The predicted octanol–water partition coefficient (Wildman–Crippen LogP) is 9.19. The number of hydrogen-bond acceptors (Lipinski definition) is 2. The zero-order valence-corrected chi connectivity index (χ0v) is 23.7. The molecule has 0 spiro atoms. The van der Waals surface area contributed by atoms with Crippen molar-refractivity contribution < 1.29 is 0 Å². The summed E-state index contributed by atoms with van der Waals surface area (Å²) in [4.78, 5) is 10.3. The fourth-order valence-corrected chi connectivity index (χ4v) is 7.20. The lowest BCUT2D eigenvalue weighted by Gasteiger charge is -2.38. The number of nitrogens with one attached hydrogen (secondary N) is 1.